The van der Waals surface area contributed by atoms with Crippen LogP contribution in [0.15, 0.2) is 45.6 Å². The Bertz CT molecular complexity index is 745. The molecular formula is C20H28N4OS2. The number of rotatable bonds is 8. The summed E-state index contributed by atoms with van der Waals surface area (Å²) in [6.45, 7) is 3.95. The number of guanidine groups is 1. The van der Waals surface area contributed by atoms with Gasteiger partial charge in [-0.1, -0.05) is 12.1 Å². The summed E-state index contributed by atoms with van der Waals surface area (Å²) in [5.41, 5.74) is 8.78. The Kier molecular flexibility index (Phi) is 7.58. The van der Waals surface area contributed by atoms with Crippen molar-refractivity contribution in [3.63, 3.8) is 0 Å². The number of benzene rings is 1. The van der Waals surface area contributed by atoms with E-state index in [1.165, 1.54) is 20.9 Å². The van der Waals surface area contributed by atoms with E-state index in [0.717, 1.165) is 19.5 Å². The number of thiophene rings is 1. The van der Waals surface area contributed by atoms with E-state index in [4.69, 9.17) is 10.5 Å². The molecule has 1 atom stereocenters. The first kappa shape index (κ1) is 20.2. The normalized spacial score (nSPS) is 16.1. The van der Waals surface area contributed by atoms with Crippen molar-refractivity contribution >= 4 is 29.1 Å². The molecule has 1 aromatic heterocycles. The number of methoxy groups -OCH3 is 1. The van der Waals surface area contributed by atoms with Crippen LogP contribution in [0.5, 0.6) is 0 Å². The van der Waals surface area contributed by atoms with Crippen molar-refractivity contribution in [2.24, 2.45) is 10.7 Å². The number of aliphatic imine (C=N–C) groups is 1. The van der Waals surface area contributed by atoms with E-state index in [2.05, 4.69) is 57.2 Å². The molecule has 27 heavy (non-hydrogen) atoms. The van der Waals surface area contributed by atoms with Gasteiger partial charge in [0, 0.05) is 36.5 Å². The standard InChI is InChI=1S/C20H28N4OS2/c1-25-11-9-22-20(21)23-13-18(15-3-5-17(26-2)6-4-15)24-10-7-19-16(14-24)8-12-27-19/h3-6,8,12,18H,7,9-11,13-14H2,1-2H3,(H3,21,22,23). The highest BCUT2D eigenvalue weighted by atomic mass is 32.2. The molecule has 5 nitrogen and oxygen atoms in total. The smallest absolute Gasteiger partial charge is 0.188 e. The highest BCUT2D eigenvalue weighted by Gasteiger charge is 2.25. The minimum absolute atomic E-state index is 0.219. The summed E-state index contributed by atoms with van der Waals surface area (Å²) in [6.07, 6.45) is 3.21. The van der Waals surface area contributed by atoms with Crippen LogP contribution in [0.1, 0.15) is 22.0 Å². The van der Waals surface area contributed by atoms with Gasteiger partial charge in [-0.25, -0.2) is 0 Å². The van der Waals surface area contributed by atoms with Crippen molar-refractivity contribution < 1.29 is 4.74 Å². The monoisotopic (exact) mass is 404 g/mol. The molecule has 146 valence electrons. The predicted molar refractivity (Wildman–Crippen MR) is 116 cm³/mol. The van der Waals surface area contributed by atoms with E-state index in [0.29, 0.717) is 25.7 Å². The zero-order valence-corrected chi connectivity index (χ0v) is 17.6. The molecule has 0 saturated carbocycles. The lowest BCUT2D eigenvalue weighted by molar-refractivity contribution is 0.185. The van der Waals surface area contributed by atoms with E-state index >= 15 is 0 Å². The van der Waals surface area contributed by atoms with Gasteiger partial charge in [-0.3, -0.25) is 9.89 Å². The molecule has 1 aromatic carbocycles. The fourth-order valence-electron chi connectivity index (χ4n) is 3.32. The summed E-state index contributed by atoms with van der Waals surface area (Å²) in [4.78, 5) is 9.94. The fraction of sp³-hybridized carbons (Fsp3) is 0.450. The van der Waals surface area contributed by atoms with Crippen LogP contribution in [0.2, 0.25) is 0 Å². The van der Waals surface area contributed by atoms with Gasteiger partial charge >= 0.3 is 0 Å². The number of hydrogen-bond donors (Lipinski definition) is 2. The van der Waals surface area contributed by atoms with Gasteiger partial charge in [0.2, 0.25) is 0 Å². The Morgan fingerprint density at radius 1 is 1.37 bits per heavy atom. The molecule has 1 aliphatic heterocycles. The van der Waals surface area contributed by atoms with Crippen LogP contribution < -0.4 is 11.1 Å². The van der Waals surface area contributed by atoms with Crippen molar-refractivity contribution in [2.45, 2.75) is 23.9 Å². The second kappa shape index (κ2) is 10.1. The van der Waals surface area contributed by atoms with Crippen LogP contribution in [0.25, 0.3) is 0 Å². The predicted octanol–water partition coefficient (Wildman–Crippen LogP) is 3.12. The van der Waals surface area contributed by atoms with E-state index in [1.807, 2.05) is 11.3 Å². The first-order chi connectivity index (χ1) is 13.2. The molecule has 2 heterocycles. The molecule has 0 fully saturated rings. The molecule has 2 aromatic rings. The third-order valence-electron chi connectivity index (χ3n) is 4.83. The van der Waals surface area contributed by atoms with Gasteiger partial charge in [-0.15, -0.1) is 23.1 Å². The van der Waals surface area contributed by atoms with E-state index in [-0.39, 0.29) is 6.04 Å². The molecule has 1 aliphatic rings. The number of nitrogens with one attached hydrogen (secondary N) is 1. The summed E-state index contributed by atoms with van der Waals surface area (Å²) < 4.78 is 5.05. The minimum atomic E-state index is 0.219. The van der Waals surface area contributed by atoms with Crippen molar-refractivity contribution in [3.05, 3.63) is 51.7 Å². The molecule has 7 heteroatoms. The van der Waals surface area contributed by atoms with Gasteiger partial charge in [0.05, 0.1) is 19.2 Å². The van der Waals surface area contributed by atoms with Crippen LogP contribution in [0.4, 0.5) is 0 Å². The molecule has 0 radical (unpaired) electrons. The molecule has 3 rings (SSSR count). The second-order valence-electron chi connectivity index (χ2n) is 6.52. The number of ether oxygens (including phenoxy) is 1. The number of nitrogens with zero attached hydrogens (tertiary/aromatic N) is 2. The molecule has 0 spiro atoms. The van der Waals surface area contributed by atoms with Crippen molar-refractivity contribution in [1.29, 1.82) is 0 Å². The summed E-state index contributed by atoms with van der Waals surface area (Å²) >= 11 is 3.63. The van der Waals surface area contributed by atoms with Gasteiger partial charge in [0.15, 0.2) is 5.96 Å². The molecule has 0 amide bonds. The maximum absolute atomic E-state index is 6.04. The molecule has 1 unspecified atom stereocenters. The molecule has 0 aliphatic carbocycles. The van der Waals surface area contributed by atoms with Gasteiger partial charge < -0.3 is 15.8 Å². The van der Waals surface area contributed by atoms with E-state index in [1.54, 1.807) is 18.9 Å². The Morgan fingerprint density at radius 2 is 2.19 bits per heavy atom. The first-order valence-corrected chi connectivity index (χ1v) is 11.3. The first-order valence-electron chi connectivity index (χ1n) is 9.17. The fourth-order valence-corrected chi connectivity index (χ4v) is 4.61. The lowest BCUT2D eigenvalue weighted by Crippen LogP contribution is -2.37. The third-order valence-corrected chi connectivity index (χ3v) is 6.59. The summed E-state index contributed by atoms with van der Waals surface area (Å²) in [5.74, 6) is 0.478. The number of fused-ring (bicyclic) bond motifs is 1. The summed E-state index contributed by atoms with van der Waals surface area (Å²) in [5, 5.41) is 5.31. The highest BCUT2D eigenvalue weighted by molar-refractivity contribution is 7.98. The second-order valence-corrected chi connectivity index (χ2v) is 8.40. The third kappa shape index (κ3) is 5.48. The zero-order valence-electron chi connectivity index (χ0n) is 16.0. The topological polar surface area (TPSA) is 62.9 Å². The average molecular weight is 405 g/mol. The van der Waals surface area contributed by atoms with Crippen LogP contribution in [0.3, 0.4) is 0 Å². The number of thioether (sulfide) groups is 1. The van der Waals surface area contributed by atoms with Crippen LogP contribution in [-0.2, 0) is 17.7 Å². The van der Waals surface area contributed by atoms with Gasteiger partial charge in [-0.2, -0.15) is 0 Å². The zero-order chi connectivity index (χ0) is 19.1. The lowest BCUT2D eigenvalue weighted by atomic mass is 10.0. The summed E-state index contributed by atoms with van der Waals surface area (Å²) in [6, 6.07) is 11.3. The maximum Gasteiger partial charge on any atom is 0.188 e. The van der Waals surface area contributed by atoms with Gasteiger partial charge in [0.25, 0.3) is 0 Å². The van der Waals surface area contributed by atoms with Crippen molar-refractivity contribution in [1.82, 2.24) is 10.2 Å². The average Bonchev–Trinajstić information content (AvgIpc) is 3.17. The maximum atomic E-state index is 6.04. The number of hydrogen-bond acceptors (Lipinski definition) is 5. The van der Waals surface area contributed by atoms with Crippen LogP contribution in [0, 0.1) is 0 Å². The van der Waals surface area contributed by atoms with Gasteiger partial charge in [0.1, 0.15) is 0 Å². The van der Waals surface area contributed by atoms with Crippen LogP contribution in [-0.4, -0.2) is 50.5 Å². The SMILES string of the molecule is COCCNC(N)=NCC(c1ccc(SC)cc1)N1CCc2sccc2C1. The lowest BCUT2D eigenvalue weighted by Gasteiger charge is -2.34. The minimum Gasteiger partial charge on any atom is -0.383 e. The molecular weight excluding hydrogens is 376 g/mol. The summed E-state index contributed by atoms with van der Waals surface area (Å²) in [7, 11) is 1.68. The van der Waals surface area contributed by atoms with Crippen molar-refractivity contribution in [2.75, 3.05) is 39.6 Å². The van der Waals surface area contributed by atoms with Gasteiger partial charge in [-0.05, 0) is 47.4 Å². The Hall–Kier alpha value is -1.54. The van der Waals surface area contributed by atoms with Crippen molar-refractivity contribution in [3.8, 4) is 0 Å². The Balaban J connectivity index is 1.75. The molecule has 0 bridgehead atoms. The van der Waals surface area contributed by atoms with E-state index < -0.39 is 0 Å². The largest absolute Gasteiger partial charge is 0.383 e. The number of nitrogens with two attached hydrogens (primary N) is 1. The highest BCUT2D eigenvalue weighted by Crippen LogP contribution is 2.31. The quantitative estimate of drug-likeness (QED) is 0.306. The van der Waals surface area contributed by atoms with E-state index in [9.17, 15) is 0 Å². The molecule has 3 N–H and O–H groups in total. The Morgan fingerprint density at radius 3 is 2.93 bits per heavy atom. The molecule has 0 saturated heterocycles. The van der Waals surface area contributed by atoms with Crippen LogP contribution >= 0.6 is 23.1 Å². The Labute approximate surface area is 170 Å².